The molecule has 0 radical (unpaired) electrons. The number of halogens is 1. The summed E-state index contributed by atoms with van der Waals surface area (Å²) in [6.45, 7) is 0.580. The standard InChI is InChI=1S/C22H19ClN8O/c23-14-8-4-9-15-17(14)21(32)31(13-6-2-1-3-7-13)16(28-15)10-5-11-25-19-18-20(27-12-26-18)30-22(24)29-19/h1-4,6-9,12H,5,10-11H2,(H4,24,25,26,27,29,30). The maximum absolute atomic E-state index is 13.4. The summed E-state index contributed by atoms with van der Waals surface area (Å²) in [5.41, 5.74) is 8.12. The number of anilines is 2. The highest BCUT2D eigenvalue weighted by Crippen LogP contribution is 2.21. The van der Waals surface area contributed by atoms with E-state index in [0.717, 1.165) is 5.69 Å². The first-order valence-corrected chi connectivity index (χ1v) is 10.5. The van der Waals surface area contributed by atoms with Gasteiger partial charge in [-0.05, 0) is 30.7 Å². The fourth-order valence-electron chi connectivity index (χ4n) is 3.68. The van der Waals surface area contributed by atoms with Crippen molar-refractivity contribution in [2.75, 3.05) is 17.6 Å². The number of aryl methyl sites for hydroxylation is 1. The predicted octanol–water partition coefficient (Wildman–Crippen LogP) is 3.33. The number of nitrogen functional groups attached to an aromatic ring is 1. The monoisotopic (exact) mass is 446 g/mol. The maximum Gasteiger partial charge on any atom is 0.267 e. The van der Waals surface area contributed by atoms with Gasteiger partial charge in [-0.3, -0.25) is 9.36 Å². The lowest BCUT2D eigenvalue weighted by molar-refractivity contribution is 0.753. The molecule has 3 aromatic heterocycles. The number of nitrogens with zero attached hydrogens (tertiary/aromatic N) is 5. The molecule has 0 bridgehead atoms. The highest BCUT2D eigenvalue weighted by Gasteiger charge is 2.15. The number of aromatic amines is 1. The van der Waals surface area contributed by atoms with Crippen molar-refractivity contribution < 1.29 is 0 Å². The van der Waals surface area contributed by atoms with Crippen molar-refractivity contribution in [1.82, 2.24) is 29.5 Å². The first kappa shape index (κ1) is 20.0. The molecule has 0 aliphatic carbocycles. The Morgan fingerprint density at radius 2 is 1.91 bits per heavy atom. The van der Waals surface area contributed by atoms with E-state index in [4.69, 9.17) is 22.3 Å². The second-order valence-electron chi connectivity index (χ2n) is 7.20. The molecule has 32 heavy (non-hydrogen) atoms. The summed E-state index contributed by atoms with van der Waals surface area (Å²) in [7, 11) is 0. The summed E-state index contributed by atoms with van der Waals surface area (Å²) in [5.74, 6) is 1.38. The molecule has 160 valence electrons. The van der Waals surface area contributed by atoms with Crippen LogP contribution in [0.1, 0.15) is 12.2 Å². The molecule has 2 aromatic carbocycles. The van der Waals surface area contributed by atoms with E-state index in [-0.39, 0.29) is 11.5 Å². The molecule has 0 saturated carbocycles. The molecule has 0 saturated heterocycles. The lowest BCUT2D eigenvalue weighted by Crippen LogP contribution is -2.24. The molecule has 0 aliphatic rings. The second-order valence-corrected chi connectivity index (χ2v) is 7.61. The Kier molecular flexibility index (Phi) is 5.16. The van der Waals surface area contributed by atoms with E-state index in [2.05, 4.69) is 25.3 Å². The summed E-state index contributed by atoms with van der Waals surface area (Å²) in [6.07, 6.45) is 2.80. The van der Waals surface area contributed by atoms with Crippen molar-refractivity contribution >= 4 is 45.4 Å². The molecule has 0 spiro atoms. The van der Waals surface area contributed by atoms with Crippen LogP contribution in [0.3, 0.4) is 0 Å². The third-order valence-corrected chi connectivity index (χ3v) is 5.41. The molecule has 0 unspecified atom stereocenters. The third-order valence-electron chi connectivity index (χ3n) is 5.10. The molecular formula is C22H19ClN8O. The minimum Gasteiger partial charge on any atom is -0.368 e. The van der Waals surface area contributed by atoms with Gasteiger partial charge in [-0.1, -0.05) is 35.9 Å². The van der Waals surface area contributed by atoms with Crippen LogP contribution >= 0.6 is 11.6 Å². The van der Waals surface area contributed by atoms with Gasteiger partial charge in [0.05, 0.1) is 27.9 Å². The number of H-pyrrole nitrogens is 1. The lowest BCUT2D eigenvalue weighted by atomic mass is 10.2. The van der Waals surface area contributed by atoms with Gasteiger partial charge in [0.25, 0.3) is 5.56 Å². The summed E-state index contributed by atoms with van der Waals surface area (Å²) >= 11 is 6.33. The zero-order valence-electron chi connectivity index (χ0n) is 16.9. The highest BCUT2D eigenvalue weighted by atomic mass is 35.5. The van der Waals surface area contributed by atoms with Gasteiger partial charge in [0.1, 0.15) is 11.3 Å². The summed E-state index contributed by atoms with van der Waals surface area (Å²) in [5, 5.41) is 4.06. The highest BCUT2D eigenvalue weighted by molar-refractivity contribution is 6.35. The van der Waals surface area contributed by atoms with Crippen molar-refractivity contribution in [2.24, 2.45) is 0 Å². The number of para-hydroxylation sites is 1. The van der Waals surface area contributed by atoms with E-state index < -0.39 is 0 Å². The number of hydrogen-bond donors (Lipinski definition) is 3. The van der Waals surface area contributed by atoms with Crippen LogP contribution in [0.2, 0.25) is 5.02 Å². The third kappa shape index (κ3) is 3.63. The average Bonchev–Trinajstić information content (AvgIpc) is 3.26. The van der Waals surface area contributed by atoms with Gasteiger partial charge in [0.15, 0.2) is 11.5 Å². The molecule has 3 heterocycles. The predicted molar refractivity (Wildman–Crippen MR) is 125 cm³/mol. The van der Waals surface area contributed by atoms with Crippen LogP contribution in [0, 0.1) is 0 Å². The number of nitrogens with two attached hydrogens (primary N) is 1. The quantitative estimate of drug-likeness (QED) is 0.341. The normalized spacial score (nSPS) is 11.3. The Balaban J connectivity index is 1.45. The number of imidazole rings is 1. The van der Waals surface area contributed by atoms with Crippen LogP contribution in [-0.2, 0) is 6.42 Å². The zero-order valence-corrected chi connectivity index (χ0v) is 17.7. The Morgan fingerprint density at radius 1 is 1.06 bits per heavy atom. The number of aromatic nitrogens is 6. The van der Waals surface area contributed by atoms with Crippen LogP contribution in [-0.4, -0.2) is 36.0 Å². The molecular weight excluding hydrogens is 428 g/mol. The van der Waals surface area contributed by atoms with Gasteiger partial charge in [-0.2, -0.15) is 9.97 Å². The Hall–Kier alpha value is -3.98. The zero-order chi connectivity index (χ0) is 22.1. The largest absolute Gasteiger partial charge is 0.368 e. The number of hydrogen-bond acceptors (Lipinski definition) is 7. The van der Waals surface area contributed by atoms with Gasteiger partial charge < -0.3 is 16.0 Å². The van der Waals surface area contributed by atoms with E-state index >= 15 is 0 Å². The van der Waals surface area contributed by atoms with Crippen molar-refractivity contribution in [3.8, 4) is 5.69 Å². The summed E-state index contributed by atoms with van der Waals surface area (Å²) in [4.78, 5) is 33.6. The minimum absolute atomic E-state index is 0.162. The van der Waals surface area contributed by atoms with Gasteiger partial charge in [-0.15, -0.1) is 0 Å². The fourth-order valence-corrected chi connectivity index (χ4v) is 3.93. The van der Waals surface area contributed by atoms with Gasteiger partial charge in [0, 0.05) is 13.0 Å². The van der Waals surface area contributed by atoms with E-state index in [9.17, 15) is 4.79 Å². The molecule has 0 atom stereocenters. The van der Waals surface area contributed by atoms with Crippen LogP contribution in [0.5, 0.6) is 0 Å². The molecule has 10 heteroatoms. The summed E-state index contributed by atoms with van der Waals surface area (Å²) < 4.78 is 1.63. The molecule has 4 N–H and O–H groups in total. The fraction of sp³-hybridized carbons (Fsp3) is 0.136. The van der Waals surface area contributed by atoms with E-state index in [1.54, 1.807) is 29.1 Å². The average molecular weight is 447 g/mol. The first-order chi connectivity index (χ1) is 15.6. The van der Waals surface area contributed by atoms with Gasteiger partial charge in [0.2, 0.25) is 5.95 Å². The number of rotatable bonds is 6. The lowest BCUT2D eigenvalue weighted by Gasteiger charge is -2.14. The van der Waals surface area contributed by atoms with Crippen LogP contribution in [0.15, 0.2) is 59.7 Å². The maximum atomic E-state index is 13.4. The second kappa shape index (κ2) is 8.27. The van der Waals surface area contributed by atoms with Crippen LogP contribution in [0.25, 0.3) is 27.8 Å². The SMILES string of the molecule is Nc1nc(NCCCc2nc3cccc(Cl)c3c(=O)n2-c2ccccc2)c2nc[nH]c2n1. The molecule has 0 aliphatic heterocycles. The van der Waals surface area contributed by atoms with Crippen molar-refractivity contribution in [2.45, 2.75) is 12.8 Å². The van der Waals surface area contributed by atoms with Crippen molar-refractivity contribution in [3.05, 3.63) is 76.1 Å². The van der Waals surface area contributed by atoms with Crippen molar-refractivity contribution in [1.29, 1.82) is 0 Å². The van der Waals surface area contributed by atoms with E-state index in [0.29, 0.717) is 58.1 Å². The van der Waals surface area contributed by atoms with Crippen molar-refractivity contribution in [3.63, 3.8) is 0 Å². The Morgan fingerprint density at radius 3 is 2.75 bits per heavy atom. The molecule has 9 nitrogen and oxygen atoms in total. The van der Waals surface area contributed by atoms with E-state index in [1.165, 1.54) is 0 Å². The first-order valence-electron chi connectivity index (χ1n) is 10.1. The molecule has 0 fully saturated rings. The minimum atomic E-state index is -0.184. The van der Waals surface area contributed by atoms with Crippen LogP contribution in [0.4, 0.5) is 11.8 Å². The smallest absolute Gasteiger partial charge is 0.267 e. The number of nitrogens with one attached hydrogen (secondary N) is 2. The Bertz CT molecular complexity index is 1480. The molecule has 0 amide bonds. The Labute approximate surface area is 187 Å². The van der Waals surface area contributed by atoms with Crippen LogP contribution < -0.4 is 16.6 Å². The molecule has 5 rings (SSSR count). The van der Waals surface area contributed by atoms with Gasteiger partial charge in [-0.25, -0.2) is 9.97 Å². The number of benzene rings is 2. The summed E-state index contributed by atoms with van der Waals surface area (Å²) in [6, 6.07) is 14.7. The van der Waals surface area contributed by atoms with Gasteiger partial charge >= 0.3 is 0 Å². The van der Waals surface area contributed by atoms with E-state index in [1.807, 2.05) is 30.3 Å². The molecule has 5 aromatic rings. The topological polar surface area (TPSA) is 127 Å². The number of fused-ring (bicyclic) bond motifs is 2.